The molecule has 18 heavy (non-hydrogen) atoms. The first kappa shape index (κ1) is 12.8. The number of nitrogens with zero attached hydrogens (tertiary/aromatic N) is 2. The monoisotopic (exact) mass is 249 g/mol. The Morgan fingerprint density at radius 1 is 1.44 bits per heavy atom. The normalized spacial score (nSPS) is 18.2. The molecule has 4 nitrogen and oxygen atoms in total. The number of benzene rings is 1. The van der Waals surface area contributed by atoms with Crippen LogP contribution in [0.1, 0.15) is 18.0 Å². The molecule has 2 N–H and O–H groups in total. The molecule has 2 rings (SSSR count). The molecule has 0 spiro atoms. The van der Waals surface area contributed by atoms with E-state index in [9.17, 15) is 9.50 Å². The molecule has 1 aromatic rings. The van der Waals surface area contributed by atoms with Crippen LogP contribution in [0.2, 0.25) is 0 Å². The van der Waals surface area contributed by atoms with Crippen LogP contribution in [-0.4, -0.2) is 36.2 Å². The van der Waals surface area contributed by atoms with Crippen LogP contribution < -0.4 is 5.32 Å². The van der Waals surface area contributed by atoms with Gasteiger partial charge in [0, 0.05) is 37.8 Å². The first-order valence-electron chi connectivity index (χ1n) is 6.02. The SMILES string of the molecule is N#CC[C@@H](c1ccc(O)cc1F)N1CCNCC1. The minimum Gasteiger partial charge on any atom is -0.508 e. The largest absolute Gasteiger partial charge is 0.508 e. The Kier molecular flexibility index (Phi) is 4.13. The van der Waals surface area contributed by atoms with E-state index in [0.717, 1.165) is 32.2 Å². The summed E-state index contributed by atoms with van der Waals surface area (Å²) in [6.45, 7) is 3.29. The molecular weight excluding hydrogens is 233 g/mol. The van der Waals surface area contributed by atoms with Crippen LogP contribution in [0.4, 0.5) is 4.39 Å². The van der Waals surface area contributed by atoms with E-state index in [4.69, 9.17) is 5.26 Å². The van der Waals surface area contributed by atoms with E-state index in [-0.39, 0.29) is 18.2 Å². The lowest BCUT2D eigenvalue weighted by molar-refractivity contribution is 0.172. The lowest BCUT2D eigenvalue weighted by atomic mass is 10.0. The Balaban J connectivity index is 2.25. The highest BCUT2D eigenvalue weighted by Gasteiger charge is 2.24. The predicted molar refractivity (Wildman–Crippen MR) is 65.5 cm³/mol. The summed E-state index contributed by atoms with van der Waals surface area (Å²) in [6, 6.07) is 6.00. The van der Waals surface area contributed by atoms with Crippen molar-refractivity contribution in [2.24, 2.45) is 0 Å². The third-order valence-corrected chi connectivity index (χ3v) is 3.22. The molecule has 0 saturated carbocycles. The lowest BCUT2D eigenvalue weighted by Crippen LogP contribution is -2.45. The van der Waals surface area contributed by atoms with Gasteiger partial charge in [-0.1, -0.05) is 6.07 Å². The minimum absolute atomic E-state index is 0.0905. The van der Waals surface area contributed by atoms with E-state index in [1.807, 2.05) is 0 Å². The van der Waals surface area contributed by atoms with Crippen molar-refractivity contribution in [3.05, 3.63) is 29.6 Å². The van der Waals surface area contributed by atoms with Crippen molar-refractivity contribution < 1.29 is 9.50 Å². The van der Waals surface area contributed by atoms with E-state index < -0.39 is 5.82 Å². The maximum absolute atomic E-state index is 13.9. The summed E-state index contributed by atoms with van der Waals surface area (Å²) < 4.78 is 13.9. The molecule has 0 radical (unpaired) electrons. The topological polar surface area (TPSA) is 59.3 Å². The zero-order valence-electron chi connectivity index (χ0n) is 10.1. The van der Waals surface area contributed by atoms with E-state index in [2.05, 4.69) is 16.3 Å². The number of nitriles is 1. The molecule has 0 amide bonds. The minimum atomic E-state index is -0.450. The van der Waals surface area contributed by atoms with Crippen LogP contribution >= 0.6 is 0 Å². The van der Waals surface area contributed by atoms with Crippen molar-refractivity contribution in [3.63, 3.8) is 0 Å². The molecule has 0 aromatic heterocycles. The second-order valence-electron chi connectivity index (χ2n) is 4.37. The third-order valence-electron chi connectivity index (χ3n) is 3.22. The summed E-state index contributed by atoms with van der Waals surface area (Å²) in [5, 5.41) is 21.4. The lowest BCUT2D eigenvalue weighted by Gasteiger charge is -2.34. The predicted octanol–water partition coefficient (Wildman–Crippen LogP) is 1.39. The molecule has 0 aliphatic carbocycles. The second-order valence-corrected chi connectivity index (χ2v) is 4.37. The number of hydrogen-bond acceptors (Lipinski definition) is 4. The van der Waals surface area contributed by atoms with Crippen LogP contribution in [0, 0.1) is 17.1 Å². The average Bonchev–Trinajstić information content (AvgIpc) is 2.38. The highest BCUT2D eigenvalue weighted by molar-refractivity contribution is 5.30. The number of rotatable bonds is 3. The molecule has 0 unspecified atom stereocenters. The highest BCUT2D eigenvalue weighted by Crippen LogP contribution is 2.28. The van der Waals surface area contributed by atoms with Gasteiger partial charge in [0.2, 0.25) is 0 Å². The van der Waals surface area contributed by atoms with E-state index in [0.29, 0.717) is 5.56 Å². The fourth-order valence-electron chi connectivity index (χ4n) is 2.30. The summed E-state index contributed by atoms with van der Waals surface area (Å²) in [4.78, 5) is 2.11. The van der Waals surface area contributed by atoms with Crippen LogP contribution in [0.25, 0.3) is 0 Å². The zero-order chi connectivity index (χ0) is 13.0. The third kappa shape index (κ3) is 2.78. The number of halogens is 1. The van der Waals surface area contributed by atoms with Gasteiger partial charge < -0.3 is 10.4 Å². The molecule has 1 saturated heterocycles. The maximum atomic E-state index is 13.9. The smallest absolute Gasteiger partial charge is 0.131 e. The van der Waals surface area contributed by atoms with E-state index in [1.165, 1.54) is 6.07 Å². The van der Waals surface area contributed by atoms with Crippen LogP contribution in [0.3, 0.4) is 0 Å². The Bertz CT molecular complexity index is 452. The average molecular weight is 249 g/mol. The van der Waals surface area contributed by atoms with Crippen molar-refractivity contribution in [1.29, 1.82) is 5.26 Å². The second kappa shape index (κ2) is 5.80. The summed E-state index contributed by atoms with van der Waals surface area (Å²) in [5.41, 5.74) is 0.483. The van der Waals surface area contributed by atoms with Crippen molar-refractivity contribution in [2.45, 2.75) is 12.5 Å². The number of piperazine rings is 1. The van der Waals surface area contributed by atoms with Gasteiger partial charge in [0.15, 0.2) is 0 Å². The molecular formula is C13H16FN3O. The first-order valence-corrected chi connectivity index (χ1v) is 6.02. The summed E-state index contributed by atoms with van der Waals surface area (Å²) >= 11 is 0. The number of aromatic hydroxyl groups is 1. The quantitative estimate of drug-likeness (QED) is 0.850. The Morgan fingerprint density at radius 2 is 2.17 bits per heavy atom. The molecule has 5 heteroatoms. The molecule has 1 aromatic carbocycles. The summed E-state index contributed by atoms with van der Waals surface area (Å²) in [7, 11) is 0. The van der Waals surface area contributed by atoms with Gasteiger partial charge in [-0.15, -0.1) is 0 Å². The van der Waals surface area contributed by atoms with Gasteiger partial charge >= 0.3 is 0 Å². The summed E-state index contributed by atoms with van der Waals surface area (Å²) in [5.74, 6) is -0.541. The van der Waals surface area contributed by atoms with Crippen LogP contribution in [-0.2, 0) is 0 Å². The van der Waals surface area contributed by atoms with E-state index in [1.54, 1.807) is 6.07 Å². The number of nitrogens with one attached hydrogen (secondary N) is 1. The van der Waals surface area contributed by atoms with Gasteiger partial charge in [0.05, 0.1) is 18.5 Å². The standard InChI is InChI=1S/C13H16FN3O/c14-12-9-10(18)1-2-11(12)13(3-4-15)17-7-5-16-6-8-17/h1-2,9,13,16,18H,3,5-8H2/t13-/m0/s1. The van der Waals surface area contributed by atoms with Gasteiger partial charge in [0.25, 0.3) is 0 Å². The van der Waals surface area contributed by atoms with Crippen LogP contribution in [0.5, 0.6) is 5.75 Å². The molecule has 1 aliphatic rings. The van der Waals surface area contributed by atoms with Gasteiger partial charge in [-0.2, -0.15) is 5.26 Å². The van der Waals surface area contributed by atoms with Gasteiger partial charge in [-0.05, 0) is 6.07 Å². The molecule has 96 valence electrons. The molecule has 1 atom stereocenters. The fourth-order valence-corrected chi connectivity index (χ4v) is 2.30. The van der Waals surface area contributed by atoms with Crippen molar-refractivity contribution in [3.8, 4) is 11.8 Å². The van der Waals surface area contributed by atoms with E-state index >= 15 is 0 Å². The Labute approximate surface area is 106 Å². The zero-order valence-corrected chi connectivity index (χ0v) is 10.1. The number of hydrogen-bond donors (Lipinski definition) is 2. The van der Waals surface area contributed by atoms with Crippen molar-refractivity contribution in [1.82, 2.24) is 10.2 Å². The molecule has 0 bridgehead atoms. The molecule has 1 heterocycles. The van der Waals surface area contributed by atoms with Gasteiger partial charge in [-0.3, -0.25) is 4.90 Å². The maximum Gasteiger partial charge on any atom is 0.131 e. The Morgan fingerprint density at radius 3 is 2.78 bits per heavy atom. The van der Waals surface area contributed by atoms with Gasteiger partial charge in [-0.25, -0.2) is 4.39 Å². The highest BCUT2D eigenvalue weighted by atomic mass is 19.1. The summed E-state index contributed by atoms with van der Waals surface area (Å²) in [6.07, 6.45) is 0.252. The molecule has 1 aliphatic heterocycles. The molecule has 1 fully saturated rings. The van der Waals surface area contributed by atoms with Crippen molar-refractivity contribution >= 4 is 0 Å². The van der Waals surface area contributed by atoms with Gasteiger partial charge in [0.1, 0.15) is 11.6 Å². The fraction of sp³-hybridized carbons (Fsp3) is 0.462. The first-order chi connectivity index (χ1) is 8.72. The van der Waals surface area contributed by atoms with Crippen molar-refractivity contribution in [2.75, 3.05) is 26.2 Å². The number of phenols is 1. The Hall–Kier alpha value is -1.64. The van der Waals surface area contributed by atoms with Crippen LogP contribution in [0.15, 0.2) is 18.2 Å². The number of phenolic OH excluding ortho intramolecular Hbond substituents is 1.